The molecule has 3 atom stereocenters. The Bertz CT molecular complexity index is 388. The first-order valence-electron chi connectivity index (χ1n) is 7.49. The summed E-state index contributed by atoms with van der Waals surface area (Å²) in [5, 5.41) is 0. The van der Waals surface area contributed by atoms with Crippen LogP contribution in [0.3, 0.4) is 0 Å². The average molecular weight is 265 g/mol. The summed E-state index contributed by atoms with van der Waals surface area (Å²) in [6.45, 7) is 8.49. The summed E-state index contributed by atoms with van der Waals surface area (Å²) in [6.07, 6.45) is 7.48. The fourth-order valence-electron chi connectivity index (χ4n) is 3.03. The monoisotopic (exact) mass is 265 g/mol. The van der Waals surface area contributed by atoms with Crippen molar-refractivity contribution in [2.24, 2.45) is 17.6 Å². The van der Waals surface area contributed by atoms with E-state index < -0.39 is 0 Å². The standard InChI is InChI=1S/C15H27N3O/c1-4-15-12(5-6-19-15)9-18-10-17-8-14(18)13(16)7-11(2)3/h8,10-13,15H,4-7,9,16H2,1-3H3. The number of aromatic nitrogens is 2. The van der Waals surface area contributed by atoms with Crippen LogP contribution >= 0.6 is 0 Å². The molecule has 4 nitrogen and oxygen atoms in total. The number of nitrogens with two attached hydrogens (primary N) is 1. The van der Waals surface area contributed by atoms with Gasteiger partial charge in [0.05, 0.1) is 18.1 Å². The van der Waals surface area contributed by atoms with Crippen LogP contribution in [0.2, 0.25) is 0 Å². The smallest absolute Gasteiger partial charge is 0.0948 e. The van der Waals surface area contributed by atoms with Crippen LogP contribution in [-0.2, 0) is 11.3 Å². The number of hydrogen-bond donors (Lipinski definition) is 1. The Morgan fingerprint density at radius 3 is 3.00 bits per heavy atom. The second kappa shape index (κ2) is 6.53. The largest absolute Gasteiger partial charge is 0.378 e. The molecule has 1 aromatic rings. The molecule has 0 saturated carbocycles. The van der Waals surface area contributed by atoms with Crippen molar-refractivity contribution in [1.29, 1.82) is 0 Å². The summed E-state index contributed by atoms with van der Waals surface area (Å²) < 4.78 is 7.99. The third-order valence-corrected chi connectivity index (χ3v) is 4.03. The zero-order chi connectivity index (χ0) is 13.8. The van der Waals surface area contributed by atoms with Crippen LogP contribution in [0, 0.1) is 11.8 Å². The third kappa shape index (κ3) is 3.57. The fourth-order valence-corrected chi connectivity index (χ4v) is 3.03. The lowest BCUT2D eigenvalue weighted by molar-refractivity contribution is 0.0832. The van der Waals surface area contributed by atoms with Gasteiger partial charge in [-0.25, -0.2) is 4.98 Å². The molecule has 108 valence electrons. The van der Waals surface area contributed by atoms with Gasteiger partial charge in [-0.15, -0.1) is 0 Å². The van der Waals surface area contributed by atoms with Gasteiger partial charge in [0.1, 0.15) is 0 Å². The molecule has 1 aromatic heterocycles. The minimum Gasteiger partial charge on any atom is -0.378 e. The van der Waals surface area contributed by atoms with Crippen molar-refractivity contribution in [3.05, 3.63) is 18.2 Å². The van der Waals surface area contributed by atoms with Crippen molar-refractivity contribution < 1.29 is 4.74 Å². The molecule has 1 fully saturated rings. The van der Waals surface area contributed by atoms with Gasteiger partial charge in [0.15, 0.2) is 0 Å². The molecule has 0 bridgehead atoms. The molecule has 19 heavy (non-hydrogen) atoms. The first-order chi connectivity index (χ1) is 9.11. The van der Waals surface area contributed by atoms with Gasteiger partial charge in [-0.1, -0.05) is 20.8 Å². The van der Waals surface area contributed by atoms with Gasteiger partial charge in [-0.05, 0) is 25.2 Å². The van der Waals surface area contributed by atoms with Crippen LogP contribution in [-0.4, -0.2) is 22.3 Å². The highest BCUT2D eigenvalue weighted by Crippen LogP contribution is 2.27. The maximum absolute atomic E-state index is 6.29. The molecule has 2 rings (SSSR count). The molecule has 0 spiro atoms. The van der Waals surface area contributed by atoms with Crippen LogP contribution in [0.5, 0.6) is 0 Å². The Morgan fingerprint density at radius 2 is 2.32 bits per heavy atom. The second-order valence-corrected chi connectivity index (χ2v) is 6.07. The van der Waals surface area contributed by atoms with E-state index >= 15 is 0 Å². The van der Waals surface area contributed by atoms with Gasteiger partial charge in [-0.2, -0.15) is 0 Å². The van der Waals surface area contributed by atoms with E-state index in [-0.39, 0.29) is 6.04 Å². The Labute approximate surface area is 116 Å². The molecule has 0 aliphatic carbocycles. The normalized spacial score (nSPS) is 25.1. The lowest BCUT2D eigenvalue weighted by Crippen LogP contribution is -2.23. The summed E-state index contributed by atoms with van der Waals surface area (Å²) >= 11 is 0. The zero-order valence-electron chi connectivity index (χ0n) is 12.4. The maximum atomic E-state index is 6.29. The molecular weight excluding hydrogens is 238 g/mol. The minimum absolute atomic E-state index is 0.0879. The van der Waals surface area contributed by atoms with Crippen molar-refractivity contribution in [2.45, 2.75) is 58.7 Å². The van der Waals surface area contributed by atoms with Gasteiger partial charge in [-0.3, -0.25) is 0 Å². The zero-order valence-corrected chi connectivity index (χ0v) is 12.4. The topological polar surface area (TPSA) is 53.1 Å². The summed E-state index contributed by atoms with van der Waals surface area (Å²) in [6, 6.07) is 0.0879. The Balaban J connectivity index is 2.03. The summed E-state index contributed by atoms with van der Waals surface area (Å²) in [7, 11) is 0. The Kier molecular flexibility index (Phi) is 4.99. The van der Waals surface area contributed by atoms with Crippen molar-refractivity contribution in [1.82, 2.24) is 9.55 Å². The van der Waals surface area contributed by atoms with E-state index in [1.165, 1.54) is 0 Å². The molecule has 4 heteroatoms. The van der Waals surface area contributed by atoms with Gasteiger partial charge in [0.25, 0.3) is 0 Å². The lowest BCUT2D eigenvalue weighted by atomic mass is 9.98. The highest BCUT2D eigenvalue weighted by Gasteiger charge is 2.27. The van der Waals surface area contributed by atoms with Gasteiger partial charge in [0.2, 0.25) is 0 Å². The molecule has 2 heterocycles. The molecule has 1 aliphatic rings. The van der Waals surface area contributed by atoms with Crippen LogP contribution in [0.25, 0.3) is 0 Å². The number of nitrogens with zero attached hydrogens (tertiary/aromatic N) is 2. The molecule has 1 saturated heterocycles. The van der Waals surface area contributed by atoms with E-state index in [9.17, 15) is 0 Å². The van der Waals surface area contributed by atoms with E-state index in [0.29, 0.717) is 17.9 Å². The van der Waals surface area contributed by atoms with Crippen LogP contribution in [0.15, 0.2) is 12.5 Å². The fraction of sp³-hybridized carbons (Fsp3) is 0.800. The van der Waals surface area contributed by atoms with Crippen molar-refractivity contribution >= 4 is 0 Å². The van der Waals surface area contributed by atoms with Crippen molar-refractivity contribution in [3.63, 3.8) is 0 Å². The highest BCUT2D eigenvalue weighted by molar-refractivity contribution is 5.05. The van der Waals surface area contributed by atoms with E-state index in [2.05, 4.69) is 30.3 Å². The highest BCUT2D eigenvalue weighted by atomic mass is 16.5. The number of hydrogen-bond acceptors (Lipinski definition) is 3. The van der Waals surface area contributed by atoms with Gasteiger partial charge >= 0.3 is 0 Å². The van der Waals surface area contributed by atoms with E-state index in [4.69, 9.17) is 10.5 Å². The van der Waals surface area contributed by atoms with Crippen LogP contribution in [0.1, 0.15) is 51.8 Å². The number of imidazole rings is 1. The second-order valence-electron chi connectivity index (χ2n) is 6.07. The summed E-state index contributed by atoms with van der Waals surface area (Å²) in [4.78, 5) is 4.29. The van der Waals surface area contributed by atoms with Crippen LogP contribution in [0.4, 0.5) is 0 Å². The molecule has 0 aromatic carbocycles. The molecule has 0 radical (unpaired) electrons. The third-order valence-electron chi connectivity index (χ3n) is 4.03. The average Bonchev–Trinajstić information content (AvgIpc) is 2.97. The summed E-state index contributed by atoms with van der Waals surface area (Å²) in [5.74, 6) is 1.21. The first-order valence-corrected chi connectivity index (χ1v) is 7.49. The van der Waals surface area contributed by atoms with E-state index in [0.717, 1.165) is 38.1 Å². The van der Waals surface area contributed by atoms with Gasteiger partial charge in [0, 0.05) is 31.3 Å². The van der Waals surface area contributed by atoms with Crippen molar-refractivity contribution in [2.75, 3.05) is 6.61 Å². The molecule has 2 N–H and O–H groups in total. The SMILES string of the molecule is CCC1OCCC1Cn1cncc1C(N)CC(C)C. The molecule has 1 aliphatic heterocycles. The molecule has 3 unspecified atom stereocenters. The van der Waals surface area contributed by atoms with Crippen LogP contribution < -0.4 is 5.73 Å². The molecular formula is C15H27N3O. The van der Waals surface area contributed by atoms with E-state index in [1.807, 2.05) is 12.5 Å². The predicted octanol–water partition coefficient (Wildman–Crippen LogP) is 2.74. The Morgan fingerprint density at radius 1 is 1.53 bits per heavy atom. The Hall–Kier alpha value is -0.870. The van der Waals surface area contributed by atoms with Crippen molar-refractivity contribution in [3.8, 4) is 0 Å². The predicted molar refractivity (Wildman–Crippen MR) is 76.7 cm³/mol. The minimum atomic E-state index is 0.0879. The van der Waals surface area contributed by atoms with Gasteiger partial charge < -0.3 is 15.0 Å². The number of rotatable bonds is 6. The maximum Gasteiger partial charge on any atom is 0.0948 e. The number of ether oxygens (including phenoxy) is 1. The molecule has 0 amide bonds. The lowest BCUT2D eigenvalue weighted by Gasteiger charge is -2.21. The summed E-state index contributed by atoms with van der Waals surface area (Å²) in [5.41, 5.74) is 7.45. The van der Waals surface area contributed by atoms with E-state index in [1.54, 1.807) is 0 Å². The first kappa shape index (κ1) is 14.5. The quantitative estimate of drug-likeness (QED) is 0.860.